The monoisotopic (exact) mass is 648 g/mol. The molecule has 0 saturated heterocycles. The largest absolute Gasteiger partial charge is 0.456 e. The van der Waals surface area contributed by atoms with Gasteiger partial charge in [-0.1, -0.05) is 133 Å². The lowest BCUT2D eigenvalue weighted by molar-refractivity contribution is 0.669. The Balaban J connectivity index is 1.24. The number of hydrogen-bond donors (Lipinski definition) is 0. The van der Waals surface area contributed by atoms with E-state index in [-0.39, 0.29) is 46.0 Å². The minimum atomic E-state index is -0.490. The minimum absolute atomic E-state index is 0.0193. The first-order chi connectivity index (χ1) is 28.1. The van der Waals surface area contributed by atoms with Crippen LogP contribution >= 0.6 is 0 Å². The molecule has 7 aromatic carbocycles. The molecule has 0 fully saturated rings. The average Bonchev–Trinajstić information content (AvgIpc) is 3.83. The van der Waals surface area contributed by atoms with E-state index in [0.717, 1.165) is 33.0 Å². The van der Waals surface area contributed by atoms with Crippen molar-refractivity contribution in [2.45, 2.75) is 0 Å². The molecule has 0 atom stereocenters. The van der Waals surface area contributed by atoms with Gasteiger partial charge in [-0.25, -0.2) is 15.0 Å². The van der Waals surface area contributed by atoms with Crippen molar-refractivity contribution in [3.63, 3.8) is 0 Å². The number of fused-ring (bicyclic) bond motifs is 6. The van der Waals surface area contributed by atoms with Gasteiger partial charge in [-0.3, -0.25) is 0 Å². The van der Waals surface area contributed by atoms with Gasteiger partial charge < -0.3 is 8.98 Å². The molecule has 10 aromatic rings. The van der Waals surface area contributed by atoms with E-state index in [1.54, 1.807) is 16.7 Å². The van der Waals surface area contributed by atoms with E-state index in [4.69, 9.17) is 30.3 Å². The summed E-state index contributed by atoms with van der Waals surface area (Å²) in [6.07, 6.45) is 0. The molecule has 5 nitrogen and oxygen atoms in total. The Morgan fingerprint density at radius 2 is 1.04 bits per heavy atom. The predicted molar refractivity (Wildman–Crippen MR) is 203 cm³/mol. The second-order valence-corrected chi connectivity index (χ2v) is 11.8. The number of aromatic nitrogens is 4. The summed E-state index contributed by atoms with van der Waals surface area (Å²) in [4.78, 5) is 14.8. The van der Waals surface area contributed by atoms with Crippen LogP contribution in [-0.2, 0) is 0 Å². The zero-order chi connectivity index (χ0) is 40.0. The highest BCUT2D eigenvalue weighted by Gasteiger charge is 2.20. The Morgan fingerprint density at radius 3 is 1.72 bits per heavy atom. The van der Waals surface area contributed by atoms with Gasteiger partial charge in [0.25, 0.3) is 0 Å². The lowest BCUT2D eigenvalue weighted by Gasteiger charge is -2.14. The van der Waals surface area contributed by atoms with E-state index in [9.17, 15) is 0 Å². The van der Waals surface area contributed by atoms with Crippen LogP contribution in [0.15, 0.2) is 174 Å². The van der Waals surface area contributed by atoms with Crippen molar-refractivity contribution in [2.75, 3.05) is 0 Å². The fraction of sp³-hybridized carbons (Fsp3) is 0. The molecule has 0 aliphatic heterocycles. The molecule has 5 heteroatoms. The van der Waals surface area contributed by atoms with Crippen molar-refractivity contribution >= 4 is 43.7 Å². The number of para-hydroxylation sites is 3. The Labute approximate surface area is 299 Å². The van der Waals surface area contributed by atoms with Crippen molar-refractivity contribution in [1.29, 1.82) is 0 Å². The molecular formula is C45H28N4O. The van der Waals surface area contributed by atoms with Gasteiger partial charge in [0.05, 0.1) is 27.7 Å². The minimum Gasteiger partial charge on any atom is -0.456 e. The van der Waals surface area contributed by atoms with Crippen LogP contribution in [0.4, 0.5) is 0 Å². The zero-order valence-electron chi connectivity index (χ0n) is 34.2. The van der Waals surface area contributed by atoms with E-state index in [1.165, 1.54) is 0 Å². The van der Waals surface area contributed by atoms with Gasteiger partial charge in [-0.2, -0.15) is 0 Å². The van der Waals surface area contributed by atoms with Gasteiger partial charge in [0, 0.05) is 43.8 Å². The summed E-state index contributed by atoms with van der Waals surface area (Å²) in [5.41, 5.74) is 5.58. The van der Waals surface area contributed by atoms with E-state index in [0.29, 0.717) is 39.9 Å². The summed E-state index contributed by atoms with van der Waals surface area (Å²) in [6.45, 7) is 0. The average molecular weight is 649 g/mol. The maximum absolute atomic E-state index is 9.04. The van der Waals surface area contributed by atoms with Crippen LogP contribution < -0.4 is 0 Å². The third-order valence-electron chi connectivity index (χ3n) is 8.92. The number of hydrogen-bond acceptors (Lipinski definition) is 4. The Kier molecular flexibility index (Phi) is 4.83. The summed E-state index contributed by atoms with van der Waals surface area (Å²) in [5, 5.41) is 1.59. The van der Waals surface area contributed by atoms with Crippen molar-refractivity contribution in [2.24, 2.45) is 0 Å². The van der Waals surface area contributed by atoms with E-state index < -0.39 is 24.2 Å². The highest BCUT2D eigenvalue weighted by Crippen LogP contribution is 2.41. The first-order valence-electron chi connectivity index (χ1n) is 20.1. The molecule has 0 unspecified atom stereocenters. The van der Waals surface area contributed by atoms with Crippen LogP contribution in [0.2, 0.25) is 0 Å². The zero-order valence-corrected chi connectivity index (χ0v) is 26.2. The lowest BCUT2D eigenvalue weighted by atomic mass is 9.99. The third-order valence-corrected chi connectivity index (χ3v) is 8.92. The molecule has 50 heavy (non-hydrogen) atoms. The van der Waals surface area contributed by atoms with Crippen LogP contribution in [0.1, 0.15) is 11.0 Å². The molecule has 3 aromatic heterocycles. The molecule has 0 saturated carbocycles. The van der Waals surface area contributed by atoms with Crippen LogP contribution in [0.25, 0.3) is 94.7 Å². The molecule has 0 N–H and O–H groups in total. The van der Waals surface area contributed by atoms with Crippen LogP contribution in [0.5, 0.6) is 0 Å². The van der Waals surface area contributed by atoms with Crippen LogP contribution in [-0.4, -0.2) is 19.5 Å². The lowest BCUT2D eigenvalue weighted by Crippen LogP contribution is -2.00. The number of rotatable bonds is 5. The molecule has 0 aliphatic rings. The second-order valence-electron chi connectivity index (χ2n) is 11.8. The summed E-state index contributed by atoms with van der Waals surface area (Å²) in [6, 6.07) is 34.8. The highest BCUT2D eigenvalue weighted by molar-refractivity contribution is 6.13. The van der Waals surface area contributed by atoms with Gasteiger partial charge in [0.1, 0.15) is 11.2 Å². The predicted octanol–water partition coefficient (Wildman–Crippen LogP) is 11.5. The molecule has 234 valence electrons. The quantitative estimate of drug-likeness (QED) is 0.186. The normalized spacial score (nSPS) is 13.8. The van der Waals surface area contributed by atoms with Crippen molar-refractivity contribution in [1.82, 2.24) is 19.5 Å². The SMILES string of the molecule is [2H]c1c([2H])c([2H])c2c(c1[2H])c1c([2H])c([2H])c([2H])c([2H])c1n2-c1ccccc1-c1ccc2oc3cccc(-c4nc(-c5ccccc5)nc(-c5ccccc5)n4)c3c2c1. The van der Waals surface area contributed by atoms with Crippen molar-refractivity contribution < 1.29 is 15.4 Å². The van der Waals surface area contributed by atoms with Gasteiger partial charge >= 0.3 is 0 Å². The maximum atomic E-state index is 9.04. The first-order valence-corrected chi connectivity index (χ1v) is 16.1. The molecule has 0 amide bonds. The van der Waals surface area contributed by atoms with Gasteiger partial charge in [-0.15, -0.1) is 0 Å². The maximum Gasteiger partial charge on any atom is 0.164 e. The number of furan rings is 1. The van der Waals surface area contributed by atoms with Gasteiger partial charge in [0.2, 0.25) is 0 Å². The van der Waals surface area contributed by atoms with E-state index in [1.807, 2.05) is 109 Å². The van der Waals surface area contributed by atoms with Gasteiger partial charge in [0.15, 0.2) is 17.5 Å². The smallest absolute Gasteiger partial charge is 0.164 e. The molecule has 10 rings (SSSR count). The molecule has 0 radical (unpaired) electrons. The number of nitrogens with zero attached hydrogens (tertiary/aromatic N) is 4. The molecule has 0 aliphatic carbocycles. The summed E-state index contributed by atoms with van der Waals surface area (Å²) in [7, 11) is 0. The standard InChI is InChI=1S/C45H28N4O/c1-3-14-29(15-4-1)43-46-44(30-16-5-2-6-17-30)48-45(47-43)35-21-13-25-41-42(35)36-28-31(26-27-40(36)50-41)32-18-7-10-22-37(32)49-38-23-11-8-19-33(38)34-20-9-12-24-39(34)49/h1-28H/i8D,9D,11D,12D,19D,20D,23D,24D. The molecule has 0 spiro atoms. The summed E-state index contributed by atoms with van der Waals surface area (Å²) >= 11 is 0. The topological polar surface area (TPSA) is 56.7 Å². The summed E-state index contributed by atoms with van der Waals surface area (Å²) in [5.74, 6) is 1.50. The highest BCUT2D eigenvalue weighted by atomic mass is 16.3. The third kappa shape index (κ3) is 4.52. The van der Waals surface area contributed by atoms with Gasteiger partial charge in [-0.05, 0) is 41.9 Å². The Bertz CT molecular complexity index is 3200. The second kappa shape index (κ2) is 11.4. The van der Waals surface area contributed by atoms with Crippen LogP contribution in [0.3, 0.4) is 0 Å². The fourth-order valence-corrected chi connectivity index (χ4v) is 6.68. The van der Waals surface area contributed by atoms with Crippen LogP contribution in [0, 0.1) is 0 Å². The Morgan fingerprint density at radius 1 is 0.460 bits per heavy atom. The van der Waals surface area contributed by atoms with Crippen molar-refractivity contribution in [3.8, 4) is 51.0 Å². The molecular weight excluding hydrogens is 613 g/mol. The van der Waals surface area contributed by atoms with E-state index in [2.05, 4.69) is 0 Å². The molecule has 0 bridgehead atoms. The summed E-state index contributed by atoms with van der Waals surface area (Å²) < 4.78 is 77.8. The first kappa shape index (κ1) is 21.2. The van der Waals surface area contributed by atoms with Crippen molar-refractivity contribution in [3.05, 3.63) is 170 Å². The molecule has 3 heterocycles. The fourth-order valence-electron chi connectivity index (χ4n) is 6.68. The number of benzene rings is 7. The Hall–Kier alpha value is -6.85. The van der Waals surface area contributed by atoms with E-state index >= 15 is 0 Å².